The summed E-state index contributed by atoms with van der Waals surface area (Å²) in [5, 5.41) is 4.58. The summed E-state index contributed by atoms with van der Waals surface area (Å²) in [6.07, 6.45) is 7.30. The van der Waals surface area contributed by atoms with Gasteiger partial charge in [0.15, 0.2) is 5.13 Å². The van der Waals surface area contributed by atoms with Gasteiger partial charge in [0.1, 0.15) is 0 Å². The minimum Gasteiger partial charge on any atom is -0.345 e. The predicted molar refractivity (Wildman–Crippen MR) is 74.8 cm³/mol. The third-order valence-electron chi connectivity index (χ3n) is 3.43. The number of nitrogens with zero attached hydrogens (tertiary/aromatic N) is 2. The van der Waals surface area contributed by atoms with Crippen LogP contribution in [0.1, 0.15) is 44.4 Å². The Bertz CT molecular complexity index is 337. The highest BCUT2D eigenvalue weighted by Gasteiger charge is 2.23. The second-order valence-corrected chi connectivity index (χ2v) is 5.73. The van der Waals surface area contributed by atoms with Crippen molar-refractivity contribution in [1.29, 1.82) is 0 Å². The Morgan fingerprint density at radius 2 is 2.35 bits per heavy atom. The first kappa shape index (κ1) is 12.8. The molecular formula is C13H23N3S. The zero-order chi connectivity index (χ0) is 12.1. The molecule has 0 bridgehead atoms. The summed E-state index contributed by atoms with van der Waals surface area (Å²) in [6, 6.07) is 0.710. The molecule has 2 heterocycles. The molecule has 1 saturated heterocycles. The van der Waals surface area contributed by atoms with E-state index >= 15 is 0 Å². The van der Waals surface area contributed by atoms with Crippen molar-refractivity contribution in [2.75, 3.05) is 18.0 Å². The van der Waals surface area contributed by atoms with Crippen LogP contribution in [0.25, 0.3) is 0 Å². The standard InChI is InChI=1S/C13H23N3S/c1-3-11-7-5-6-8-16(11)13-15-10-12(17-13)9-14-4-2/h10-11,14H,3-9H2,1-2H3. The van der Waals surface area contributed by atoms with Crippen LogP contribution in [0.3, 0.4) is 0 Å². The highest BCUT2D eigenvalue weighted by atomic mass is 32.1. The Balaban J connectivity index is 2.02. The van der Waals surface area contributed by atoms with Gasteiger partial charge in [-0.25, -0.2) is 4.98 Å². The monoisotopic (exact) mass is 253 g/mol. The van der Waals surface area contributed by atoms with Crippen LogP contribution in [0, 0.1) is 0 Å². The molecule has 0 amide bonds. The molecule has 1 atom stereocenters. The SMILES string of the molecule is CCNCc1cnc(N2CCCCC2CC)s1. The van der Waals surface area contributed by atoms with Crippen LogP contribution in [-0.4, -0.2) is 24.1 Å². The van der Waals surface area contributed by atoms with Crippen LogP contribution in [0.15, 0.2) is 6.20 Å². The minimum atomic E-state index is 0.710. The van der Waals surface area contributed by atoms with E-state index in [1.54, 1.807) is 0 Å². The number of anilines is 1. The largest absolute Gasteiger partial charge is 0.345 e. The number of thiazole rings is 1. The Morgan fingerprint density at radius 3 is 3.12 bits per heavy atom. The summed E-state index contributed by atoms with van der Waals surface area (Å²) in [5.74, 6) is 0. The van der Waals surface area contributed by atoms with E-state index in [4.69, 9.17) is 0 Å². The summed E-state index contributed by atoms with van der Waals surface area (Å²) >= 11 is 1.85. The highest BCUT2D eigenvalue weighted by Crippen LogP contribution is 2.29. The molecule has 4 heteroatoms. The molecule has 1 N–H and O–H groups in total. The van der Waals surface area contributed by atoms with Crippen molar-refractivity contribution >= 4 is 16.5 Å². The van der Waals surface area contributed by atoms with Crippen LogP contribution in [0.5, 0.6) is 0 Å². The van der Waals surface area contributed by atoms with Gasteiger partial charge in [-0.05, 0) is 32.2 Å². The average molecular weight is 253 g/mol. The average Bonchev–Trinajstić information content (AvgIpc) is 2.85. The zero-order valence-electron chi connectivity index (χ0n) is 10.9. The van der Waals surface area contributed by atoms with Gasteiger partial charge in [-0.15, -0.1) is 11.3 Å². The number of hydrogen-bond donors (Lipinski definition) is 1. The Morgan fingerprint density at radius 1 is 1.47 bits per heavy atom. The molecule has 0 radical (unpaired) electrons. The summed E-state index contributed by atoms with van der Waals surface area (Å²) < 4.78 is 0. The zero-order valence-corrected chi connectivity index (χ0v) is 11.7. The lowest BCUT2D eigenvalue weighted by molar-refractivity contribution is 0.449. The molecule has 0 aliphatic carbocycles. The first-order valence-corrected chi connectivity index (χ1v) is 7.58. The second-order valence-electron chi connectivity index (χ2n) is 4.64. The van der Waals surface area contributed by atoms with Gasteiger partial charge in [0.25, 0.3) is 0 Å². The second kappa shape index (κ2) is 6.36. The van der Waals surface area contributed by atoms with Crippen molar-refractivity contribution in [3.63, 3.8) is 0 Å². The van der Waals surface area contributed by atoms with Crippen molar-refractivity contribution in [2.45, 2.75) is 52.1 Å². The summed E-state index contributed by atoms with van der Waals surface area (Å²) in [7, 11) is 0. The van der Waals surface area contributed by atoms with Gasteiger partial charge in [-0.3, -0.25) is 0 Å². The molecule has 2 rings (SSSR count). The number of rotatable bonds is 5. The van der Waals surface area contributed by atoms with E-state index < -0.39 is 0 Å². The molecule has 17 heavy (non-hydrogen) atoms. The van der Waals surface area contributed by atoms with E-state index in [9.17, 15) is 0 Å². The molecule has 0 aromatic carbocycles. The fourth-order valence-corrected chi connectivity index (χ4v) is 3.41. The van der Waals surface area contributed by atoms with Crippen molar-refractivity contribution in [3.05, 3.63) is 11.1 Å². The number of nitrogens with one attached hydrogen (secondary N) is 1. The Hall–Kier alpha value is -0.610. The number of piperidine rings is 1. The molecule has 1 aromatic rings. The van der Waals surface area contributed by atoms with Gasteiger partial charge in [-0.1, -0.05) is 13.8 Å². The summed E-state index contributed by atoms with van der Waals surface area (Å²) in [5.41, 5.74) is 0. The van der Waals surface area contributed by atoms with Crippen molar-refractivity contribution in [3.8, 4) is 0 Å². The molecule has 1 aliphatic rings. The molecule has 1 aliphatic heterocycles. The van der Waals surface area contributed by atoms with Gasteiger partial charge >= 0.3 is 0 Å². The maximum Gasteiger partial charge on any atom is 0.185 e. The smallest absolute Gasteiger partial charge is 0.185 e. The van der Waals surface area contributed by atoms with Crippen LogP contribution < -0.4 is 10.2 Å². The maximum atomic E-state index is 4.60. The van der Waals surface area contributed by atoms with E-state index in [0.29, 0.717) is 6.04 Å². The lowest BCUT2D eigenvalue weighted by Gasteiger charge is -2.34. The topological polar surface area (TPSA) is 28.2 Å². The van der Waals surface area contributed by atoms with Gasteiger partial charge in [0.2, 0.25) is 0 Å². The van der Waals surface area contributed by atoms with Crippen molar-refractivity contribution < 1.29 is 0 Å². The van der Waals surface area contributed by atoms with Gasteiger partial charge < -0.3 is 10.2 Å². The fourth-order valence-electron chi connectivity index (χ4n) is 2.44. The molecule has 1 fully saturated rings. The van der Waals surface area contributed by atoms with Crippen LogP contribution in [0.4, 0.5) is 5.13 Å². The van der Waals surface area contributed by atoms with E-state index in [1.807, 2.05) is 17.5 Å². The third kappa shape index (κ3) is 3.19. The molecule has 96 valence electrons. The lowest BCUT2D eigenvalue weighted by Crippen LogP contribution is -2.38. The minimum absolute atomic E-state index is 0.710. The predicted octanol–water partition coefficient (Wildman–Crippen LogP) is 3.02. The first-order valence-electron chi connectivity index (χ1n) is 6.77. The Kier molecular flexibility index (Phi) is 4.80. The molecule has 1 aromatic heterocycles. The number of hydrogen-bond acceptors (Lipinski definition) is 4. The molecule has 3 nitrogen and oxygen atoms in total. The normalized spacial score (nSPS) is 20.8. The van der Waals surface area contributed by atoms with E-state index in [1.165, 1.54) is 42.2 Å². The maximum absolute atomic E-state index is 4.60. The fraction of sp³-hybridized carbons (Fsp3) is 0.769. The highest BCUT2D eigenvalue weighted by molar-refractivity contribution is 7.15. The van der Waals surface area contributed by atoms with Crippen LogP contribution >= 0.6 is 11.3 Å². The number of aromatic nitrogens is 1. The van der Waals surface area contributed by atoms with E-state index in [0.717, 1.165) is 13.1 Å². The molecule has 0 spiro atoms. The van der Waals surface area contributed by atoms with E-state index in [2.05, 4.69) is 29.0 Å². The first-order chi connectivity index (χ1) is 8.35. The van der Waals surface area contributed by atoms with E-state index in [-0.39, 0.29) is 0 Å². The van der Waals surface area contributed by atoms with Gasteiger partial charge in [0.05, 0.1) is 0 Å². The third-order valence-corrected chi connectivity index (χ3v) is 4.47. The van der Waals surface area contributed by atoms with Crippen molar-refractivity contribution in [1.82, 2.24) is 10.3 Å². The molecular weight excluding hydrogens is 230 g/mol. The lowest BCUT2D eigenvalue weighted by atomic mass is 10.0. The summed E-state index contributed by atoms with van der Waals surface area (Å²) in [6.45, 7) is 7.59. The van der Waals surface area contributed by atoms with Crippen LogP contribution in [0.2, 0.25) is 0 Å². The van der Waals surface area contributed by atoms with Crippen LogP contribution in [-0.2, 0) is 6.54 Å². The molecule has 0 saturated carbocycles. The quantitative estimate of drug-likeness (QED) is 0.874. The van der Waals surface area contributed by atoms with Gasteiger partial charge in [0, 0.05) is 30.2 Å². The Labute approximate surface area is 108 Å². The van der Waals surface area contributed by atoms with Crippen molar-refractivity contribution in [2.24, 2.45) is 0 Å². The summed E-state index contributed by atoms with van der Waals surface area (Å²) in [4.78, 5) is 8.46. The molecule has 1 unspecified atom stereocenters. The van der Waals surface area contributed by atoms with Gasteiger partial charge in [-0.2, -0.15) is 0 Å².